The van der Waals surface area contributed by atoms with Crippen LogP contribution in [0.1, 0.15) is 45.1 Å². The van der Waals surface area contributed by atoms with Crippen molar-refractivity contribution in [2.24, 2.45) is 0 Å². The van der Waals surface area contributed by atoms with E-state index < -0.39 is 0 Å². The van der Waals surface area contributed by atoms with Crippen molar-refractivity contribution in [3.05, 3.63) is 42.0 Å². The first-order valence-electron chi connectivity index (χ1n) is 7.37. The second-order valence-corrected chi connectivity index (χ2v) is 4.84. The van der Waals surface area contributed by atoms with Gasteiger partial charge in [0.25, 0.3) is 0 Å². The fraction of sp³-hybridized carbons (Fsp3) is 0.471. The van der Waals surface area contributed by atoms with E-state index in [-0.39, 0.29) is 5.97 Å². The van der Waals surface area contributed by atoms with Crippen molar-refractivity contribution >= 4 is 12.0 Å². The van der Waals surface area contributed by atoms with Gasteiger partial charge in [0, 0.05) is 13.5 Å². The van der Waals surface area contributed by atoms with Crippen LogP contribution in [0.5, 0.6) is 0 Å². The molecule has 1 aromatic carbocycles. The minimum atomic E-state index is -0.256. The lowest BCUT2D eigenvalue weighted by Crippen LogP contribution is -2.27. The van der Waals surface area contributed by atoms with Crippen molar-refractivity contribution in [3.8, 4) is 0 Å². The van der Waals surface area contributed by atoms with E-state index in [0.29, 0.717) is 6.54 Å². The van der Waals surface area contributed by atoms with E-state index in [0.717, 1.165) is 18.5 Å². The van der Waals surface area contributed by atoms with Gasteiger partial charge in [-0.3, -0.25) is 4.79 Å². The molecule has 20 heavy (non-hydrogen) atoms. The molecule has 1 aromatic rings. The van der Waals surface area contributed by atoms with E-state index in [2.05, 4.69) is 6.92 Å². The summed E-state index contributed by atoms with van der Waals surface area (Å²) < 4.78 is 0. The Morgan fingerprint density at radius 1 is 1.20 bits per heavy atom. The summed E-state index contributed by atoms with van der Waals surface area (Å²) in [5.74, 6) is -0.256. The van der Waals surface area contributed by atoms with Gasteiger partial charge in [0.1, 0.15) is 0 Å². The Morgan fingerprint density at radius 3 is 2.60 bits per heavy atom. The molecular formula is C17H25NO2. The molecule has 110 valence electrons. The molecule has 0 aliphatic rings. The van der Waals surface area contributed by atoms with Gasteiger partial charge in [-0.1, -0.05) is 68.7 Å². The van der Waals surface area contributed by atoms with Gasteiger partial charge < -0.3 is 4.84 Å². The Hall–Kier alpha value is -1.61. The van der Waals surface area contributed by atoms with Gasteiger partial charge in [0.2, 0.25) is 0 Å². The summed E-state index contributed by atoms with van der Waals surface area (Å²) >= 11 is 0. The minimum absolute atomic E-state index is 0.256. The summed E-state index contributed by atoms with van der Waals surface area (Å²) in [5, 5.41) is 1.73. The van der Waals surface area contributed by atoms with Crippen molar-refractivity contribution in [2.75, 3.05) is 13.1 Å². The molecule has 0 amide bonds. The van der Waals surface area contributed by atoms with Gasteiger partial charge in [-0.15, -0.1) is 5.06 Å². The van der Waals surface area contributed by atoms with E-state index >= 15 is 0 Å². The van der Waals surface area contributed by atoms with Gasteiger partial charge >= 0.3 is 5.97 Å². The topological polar surface area (TPSA) is 29.5 Å². The fourth-order valence-corrected chi connectivity index (χ4v) is 1.94. The predicted octanol–water partition coefficient (Wildman–Crippen LogP) is 4.06. The predicted molar refractivity (Wildman–Crippen MR) is 83.0 cm³/mol. The molecule has 0 aliphatic carbocycles. The number of hydrogen-bond acceptors (Lipinski definition) is 3. The highest BCUT2D eigenvalue weighted by atomic mass is 16.7. The summed E-state index contributed by atoms with van der Waals surface area (Å²) in [6, 6.07) is 10.1. The Bertz CT molecular complexity index is 401. The molecule has 0 fully saturated rings. The van der Waals surface area contributed by atoms with Crippen molar-refractivity contribution in [1.82, 2.24) is 5.06 Å². The monoisotopic (exact) mass is 275 g/mol. The first-order chi connectivity index (χ1) is 9.72. The molecule has 1 rings (SSSR count). The number of rotatable bonds is 9. The van der Waals surface area contributed by atoms with E-state index in [4.69, 9.17) is 4.84 Å². The van der Waals surface area contributed by atoms with Crippen LogP contribution in [0.4, 0.5) is 0 Å². The molecular weight excluding hydrogens is 250 g/mol. The lowest BCUT2D eigenvalue weighted by molar-refractivity contribution is -0.185. The molecule has 0 aliphatic heterocycles. The summed E-state index contributed by atoms with van der Waals surface area (Å²) in [7, 11) is 0. The van der Waals surface area contributed by atoms with Crippen LogP contribution in [0.3, 0.4) is 0 Å². The molecule has 3 nitrogen and oxygen atoms in total. The van der Waals surface area contributed by atoms with Crippen molar-refractivity contribution < 1.29 is 9.63 Å². The van der Waals surface area contributed by atoms with Gasteiger partial charge in [-0.2, -0.15) is 0 Å². The van der Waals surface area contributed by atoms with Gasteiger partial charge in [-0.05, 0) is 12.0 Å². The van der Waals surface area contributed by atoms with Crippen LogP contribution in [0.2, 0.25) is 0 Å². The molecule has 0 saturated carbocycles. The lowest BCUT2D eigenvalue weighted by atomic mass is 10.2. The molecule has 0 N–H and O–H groups in total. The van der Waals surface area contributed by atoms with Crippen LogP contribution in [-0.4, -0.2) is 24.1 Å². The maximum absolute atomic E-state index is 11.1. The Kier molecular flexibility index (Phi) is 8.40. The normalized spacial score (nSPS) is 11.2. The summed E-state index contributed by atoms with van der Waals surface area (Å²) in [6.07, 6.45) is 8.74. The average molecular weight is 275 g/mol. The molecule has 0 atom stereocenters. The first kappa shape index (κ1) is 16.4. The van der Waals surface area contributed by atoms with Crippen LogP contribution in [0.15, 0.2) is 36.4 Å². The summed E-state index contributed by atoms with van der Waals surface area (Å²) in [5.41, 5.74) is 1.15. The van der Waals surface area contributed by atoms with E-state index in [9.17, 15) is 4.79 Å². The van der Waals surface area contributed by atoms with Gasteiger partial charge in [0.05, 0.1) is 6.54 Å². The molecule has 3 heteroatoms. The first-order valence-corrected chi connectivity index (χ1v) is 7.37. The van der Waals surface area contributed by atoms with Crippen LogP contribution in [0.25, 0.3) is 6.08 Å². The standard InChI is InChI=1S/C17H25NO2/c1-3-4-5-9-14-18(20-16(2)19)15-10-13-17-11-7-6-8-12-17/h6-8,10-13H,3-5,9,14-15H2,1-2H3. The Balaban J connectivity index is 2.39. The third-order valence-electron chi connectivity index (χ3n) is 2.94. The largest absolute Gasteiger partial charge is 0.368 e. The summed E-state index contributed by atoms with van der Waals surface area (Å²) in [6.45, 7) is 5.05. The molecule has 0 bridgehead atoms. The highest BCUT2D eigenvalue weighted by molar-refractivity contribution is 5.65. The van der Waals surface area contributed by atoms with Gasteiger partial charge in [0.15, 0.2) is 0 Å². The Labute approximate surface area is 122 Å². The number of hydroxylamine groups is 2. The van der Waals surface area contributed by atoms with E-state index in [1.807, 2.05) is 42.5 Å². The molecule has 0 heterocycles. The number of benzene rings is 1. The molecule has 0 aromatic heterocycles. The Morgan fingerprint density at radius 2 is 1.95 bits per heavy atom. The van der Waals surface area contributed by atoms with E-state index in [1.54, 1.807) is 5.06 Å². The fourth-order valence-electron chi connectivity index (χ4n) is 1.94. The lowest BCUT2D eigenvalue weighted by Gasteiger charge is -2.18. The zero-order chi connectivity index (χ0) is 14.6. The molecule has 0 radical (unpaired) electrons. The van der Waals surface area contributed by atoms with E-state index in [1.165, 1.54) is 26.2 Å². The molecule has 0 unspecified atom stereocenters. The van der Waals surface area contributed by atoms with Crippen molar-refractivity contribution in [1.29, 1.82) is 0 Å². The van der Waals surface area contributed by atoms with Crippen LogP contribution in [0, 0.1) is 0 Å². The summed E-state index contributed by atoms with van der Waals surface area (Å²) in [4.78, 5) is 16.3. The number of carbonyl (C=O) groups is 1. The second kappa shape index (κ2) is 10.2. The number of unbranched alkanes of at least 4 members (excludes halogenated alkanes) is 3. The van der Waals surface area contributed by atoms with Crippen LogP contribution < -0.4 is 0 Å². The third-order valence-corrected chi connectivity index (χ3v) is 2.94. The zero-order valence-corrected chi connectivity index (χ0v) is 12.5. The maximum Gasteiger partial charge on any atom is 0.322 e. The smallest absolute Gasteiger partial charge is 0.322 e. The van der Waals surface area contributed by atoms with Crippen molar-refractivity contribution in [3.63, 3.8) is 0 Å². The van der Waals surface area contributed by atoms with Gasteiger partial charge in [-0.25, -0.2) is 0 Å². The number of carbonyl (C=O) groups excluding carboxylic acids is 1. The number of nitrogens with zero attached hydrogens (tertiary/aromatic N) is 1. The highest BCUT2D eigenvalue weighted by Gasteiger charge is 2.06. The SMILES string of the molecule is CCCCCCN(CC=Cc1ccccc1)OC(C)=O. The second-order valence-electron chi connectivity index (χ2n) is 4.84. The molecule has 0 spiro atoms. The minimum Gasteiger partial charge on any atom is -0.368 e. The zero-order valence-electron chi connectivity index (χ0n) is 12.5. The van der Waals surface area contributed by atoms with Crippen LogP contribution >= 0.6 is 0 Å². The number of hydrogen-bond donors (Lipinski definition) is 0. The van der Waals surface area contributed by atoms with Crippen LogP contribution in [-0.2, 0) is 9.63 Å². The average Bonchev–Trinajstić information content (AvgIpc) is 2.44. The third kappa shape index (κ3) is 7.74. The molecule has 0 saturated heterocycles. The van der Waals surface area contributed by atoms with Crippen molar-refractivity contribution in [2.45, 2.75) is 39.5 Å². The maximum atomic E-state index is 11.1. The quantitative estimate of drug-likeness (QED) is 0.503. The highest BCUT2D eigenvalue weighted by Crippen LogP contribution is 2.04.